The molecule has 1 unspecified atom stereocenters. The fourth-order valence-corrected chi connectivity index (χ4v) is 2.31. The Labute approximate surface area is 95.1 Å². The van der Waals surface area contributed by atoms with Crippen molar-refractivity contribution in [1.82, 2.24) is 10.2 Å². The predicted octanol–water partition coefficient (Wildman–Crippen LogP) is 2.18. The van der Waals surface area contributed by atoms with Gasteiger partial charge in [0.2, 0.25) is 5.13 Å². The van der Waals surface area contributed by atoms with E-state index in [4.69, 9.17) is 4.74 Å². The molecule has 0 amide bonds. The van der Waals surface area contributed by atoms with Crippen LogP contribution in [0, 0.1) is 5.92 Å². The molecule has 0 fully saturated rings. The first-order chi connectivity index (χ1) is 7.11. The number of methoxy groups -OCH3 is 1. The number of hydrogen-bond donors (Lipinski definition) is 1. The Morgan fingerprint density at radius 2 is 2.07 bits per heavy atom. The van der Waals surface area contributed by atoms with Gasteiger partial charge >= 0.3 is 0 Å². The summed E-state index contributed by atoms with van der Waals surface area (Å²) in [4.78, 5) is 0. The highest BCUT2D eigenvalue weighted by atomic mass is 32.1. The van der Waals surface area contributed by atoms with Gasteiger partial charge in [-0.15, -0.1) is 10.2 Å². The van der Waals surface area contributed by atoms with Crippen LogP contribution in [-0.2, 0) is 11.2 Å². The van der Waals surface area contributed by atoms with Crippen LogP contribution in [0.2, 0.25) is 0 Å². The zero-order valence-electron chi connectivity index (χ0n) is 9.78. The summed E-state index contributed by atoms with van der Waals surface area (Å²) in [5, 5.41) is 13.5. The zero-order chi connectivity index (χ0) is 11.3. The average molecular weight is 229 g/mol. The quantitative estimate of drug-likeness (QED) is 0.812. The van der Waals surface area contributed by atoms with Crippen LogP contribution in [0.1, 0.15) is 25.8 Å². The summed E-state index contributed by atoms with van der Waals surface area (Å²) in [6.45, 7) is 7.11. The van der Waals surface area contributed by atoms with Crippen molar-refractivity contribution in [2.75, 3.05) is 19.0 Å². The standard InChI is InChI=1S/C10H19N3OS/c1-7(2)5-9-12-13-10(15-9)11-8(3)6-14-4/h7-8H,5-6H2,1-4H3,(H,11,13). The Bertz CT molecular complexity index is 288. The summed E-state index contributed by atoms with van der Waals surface area (Å²) >= 11 is 1.63. The molecule has 1 rings (SSSR count). The molecule has 0 aromatic carbocycles. The molecule has 0 saturated carbocycles. The normalized spacial score (nSPS) is 13.1. The zero-order valence-corrected chi connectivity index (χ0v) is 10.6. The second kappa shape index (κ2) is 6.02. The molecular formula is C10H19N3OS. The molecule has 0 aliphatic heterocycles. The summed E-state index contributed by atoms with van der Waals surface area (Å²) in [5.74, 6) is 0.627. The van der Waals surface area contributed by atoms with Crippen LogP contribution in [0.15, 0.2) is 0 Å². The van der Waals surface area contributed by atoms with Crippen molar-refractivity contribution in [3.63, 3.8) is 0 Å². The van der Waals surface area contributed by atoms with Gasteiger partial charge < -0.3 is 10.1 Å². The molecule has 1 aromatic rings. The van der Waals surface area contributed by atoms with Crippen molar-refractivity contribution in [1.29, 1.82) is 0 Å². The van der Waals surface area contributed by atoms with E-state index in [1.165, 1.54) is 0 Å². The lowest BCUT2D eigenvalue weighted by Gasteiger charge is -2.10. The molecule has 1 aromatic heterocycles. The lowest BCUT2D eigenvalue weighted by Crippen LogP contribution is -2.20. The second-order valence-corrected chi connectivity index (χ2v) is 5.16. The molecule has 1 N–H and O–H groups in total. The highest BCUT2D eigenvalue weighted by Crippen LogP contribution is 2.18. The van der Waals surface area contributed by atoms with Crippen molar-refractivity contribution in [3.05, 3.63) is 5.01 Å². The van der Waals surface area contributed by atoms with Crippen LogP contribution >= 0.6 is 11.3 Å². The monoisotopic (exact) mass is 229 g/mol. The lowest BCUT2D eigenvalue weighted by atomic mass is 10.1. The molecular weight excluding hydrogens is 210 g/mol. The van der Waals surface area contributed by atoms with Gasteiger partial charge in [-0.1, -0.05) is 25.2 Å². The van der Waals surface area contributed by atoms with E-state index in [1.807, 2.05) is 0 Å². The van der Waals surface area contributed by atoms with E-state index in [1.54, 1.807) is 18.4 Å². The maximum Gasteiger partial charge on any atom is 0.205 e. The van der Waals surface area contributed by atoms with Gasteiger partial charge in [0.15, 0.2) is 0 Å². The van der Waals surface area contributed by atoms with Crippen LogP contribution in [-0.4, -0.2) is 30.0 Å². The van der Waals surface area contributed by atoms with Gasteiger partial charge in [-0.05, 0) is 12.8 Å². The molecule has 15 heavy (non-hydrogen) atoms. The predicted molar refractivity (Wildman–Crippen MR) is 63.4 cm³/mol. The number of aromatic nitrogens is 2. The molecule has 0 bridgehead atoms. The van der Waals surface area contributed by atoms with Gasteiger partial charge in [-0.3, -0.25) is 0 Å². The molecule has 1 heterocycles. The number of nitrogens with one attached hydrogen (secondary N) is 1. The first kappa shape index (κ1) is 12.4. The maximum absolute atomic E-state index is 5.04. The van der Waals surface area contributed by atoms with E-state index < -0.39 is 0 Å². The molecule has 0 saturated heterocycles. The highest BCUT2D eigenvalue weighted by Gasteiger charge is 2.08. The first-order valence-corrected chi connectivity index (χ1v) is 6.01. The van der Waals surface area contributed by atoms with E-state index in [0.717, 1.165) is 16.6 Å². The maximum atomic E-state index is 5.04. The third-order valence-electron chi connectivity index (χ3n) is 1.84. The number of rotatable bonds is 6. The van der Waals surface area contributed by atoms with Crippen LogP contribution < -0.4 is 5.32 Å². The molecule has 0 aliphatic carbocycles. The number of anilines is 1. The fraction of sp³-hybridized carbons (Fsp3) is 0.800. The highest BCUT2D eigenvalue weighted by molar-refractivity contribution is 7.15. The topological polar surface area (TPSA) is 47.0 Å². The third kappa shape index (κ3) is 4.57. The SMILES string of the molecule is COCC(C)Nc1nnc(CC(C)C)s1. The molecule has 0 aliphatic rings. The van der Waals surface area contributed by atoms with Crippen molar-refractivity contribution in [3.8, 4) is 0 Å². The number of hydrogen-bond acceptors (Lipinski definition) is 5. The first-order valence-electron chi connectivity index (χ1n) is 5.19. The van der Waals surface area contributed by atoms with Gasteiger partial charge in [0, 0.05) is 19.6 Å². The van der Waals surface area contributed by atoms with Crippen LogP contribution in [0.4, 0.5) is 5.13 Å². The Morgan fingerprint density at radius 1 is 1.33 bits per heavy atom. The van der Waals surface area contributed by atoms with Gasteiger partial charge in [0.1, 0.15) is 5.01 Å². The minimum absolute atomic E-state index is 0.273. The molecule has 86 valence electrons. The summed E-state index contributed by atoms with van der Waals surface area (Å²) in [6.07, 6.45) is 0.998. The van der Waals surface area contributed by atoms with Crippen molar-refractivity contribution < 1.29 is 4.74 Å². The molecule has 0 spiro atoms. The molecule has 5 heteroatoms. The molecule has 0 radical (unpaired) electrons. The van der Waals surface area contributed by atoms with E-state index in [0.29, 0.717) is 12.5 Å². The molecule has 4 nitrogen and oxygen atoms in total. The van der Waals surface area contributed by atoms with E-state index in [2.05, 4.69) is 36.3 Å². The van der Waals surface area contributed by atoms with Crippen LogP contribution in [0.5, 0.6) is 0 Å². The van der Waals surface area contributed by atoms with E-state index >= 15 is 0 Å². The summed E-state index contributed by atoms with van der Waals surface area (Å²) in [7, 11) is 1.70. The Kier molecular flexibility index (Phi) is 4.98. The van der Waals surface area contributed by atoms with Gasteiger partial charge in [-0.25, -0.2) is 0 Å². The average Bonchev–Trinajstić information content (AvgIpc) is 2.51. The third-order valence-corrected chi connectivity index (χ3v) is 2.71. The summed E-state index contributed by atoms with van der Waals surface area (Å²) in [5.41, 5.74) is 0. The fourth-order valence-electron chi connectivity index (χ4n) is 1.25. The van der Waals surface area contributed by atoms with E-state index in [9.17, 15) is 0 Å². The number of ether oxygens (including phenoxy) is 1. The smallest absolute Gasteiger partial charge is 0.205 e. The van der Waals surface area contributed by atoms with Crippen LogP contribution in [0.3, 0.4) is 0 Å². The number of nitrogens with zero attached hydrogens (tertiary/aromatic N) is 2. The van der Waals surface area contributed by atoms with Crippen molar-refractivity contribution >= 4 is 16.5 Å². The second-order valence-electron chi connectivity index (χ2n) is 4.10. The minimum atomic E-state index is 0.273. The van der Waals surface area contributed by atoms with E-state index in [-0.39, 0.29) is 6.04 Å². The Morgan fingerprint density at radius 3 is 2.67 bits per heavy atom. The van der Waals surface area contributed by atoms with Crippen molar-refractivity contribution in [2.24, 2.45) is 5.92 Å². The van der Waals surface area contributed by atoms with Crippen LogP contribution in [0.25, 0.3) is 0 Å². The van der Waals surface area contributed by atoms with Gasteiger partial charge in [0.05, 0.1) is 6.61 Å². The van der Waals surface area contributed by atoms with Gasteiger partial charge in [-0.2, -0.15) is 0 Å². The van der Waals surface area contributed by atoms with Gasteiger partial charge in [0.25, 0.3) is 0 Å². The summed E-state index contributed by atoms with van der Waals surface area (Å²) < 4.78 is 5.04. The molecule has 1 atom stereocenters. The van der Waals surface area contributed by atoms with Crippen molar-refractivity contribution in [2.45, 2.75) is 33.2 Å². The minimum Gasteiger partial charge on any atom is -0.383 e. The Hall–Kier alpha value is -0.680. The Balaban J connectivity index is 2.45. The lowest BCUT2D eigenvalue weighted by molar-refractivity contribution is 0.190. The summed E-state index contributed by atoms with van der Waals surface area (Å²) in [6, 6.07) is 0.273. The largest absolute Gasteiger partial charge is 0.383 e.